The summed E-state index contributed by atoms with van der Waals surface area (Å²) in [5.41, 5.74) is 6.00. The molecule has 0 saturated heterocycles. The Hall–Kier alpha value is -3.07. The molecule has 148 valence electrons. The van der Waals surface area contributed by atoms with E-state index in [1.807, 2.05) is 6.07 Å². The van der Waals surface area contributed by atoms with Crippen molar-refractivity contribution < 1.29 is 18.0 Å². The second-order valence-corrected chi connectivity index (χ2v) is 6.40. The number of amides is 1. The van der Waals surface area contributed by atoms with Gasteiger partial charge in [-0.2, -0.15) is 13.2 Å². The SMILES string of the molecule is Cn1c(=O)n(CCC(=O)Nc2cc(CN)cc(C(F)(F)F)c2)c2ccccc21. The molecule has 3 aromatic rings. The van der Waals surface area contributed by atoms with Crippen LogP contribution in [0.25, 0.3) is 11.0 Å². The molecule has 0 radical (unpaired) electrons. The van der Waals surface area contributed by atoms with Crippen molar-refractivity contribution in [2.75, 3.05) is 5.32 Å². The number of alkyl halides is 3. The Labute approximate surface area is 158 Å². The maximum atomic E-state index is 13.0. The number of carbonyl (C=O) groups excluding carboxylic acids is 1. The molecule has 3 rings (SSSR count). The number of hydrogen-bond acceptors (Lipinski definition) is 3. The lowest BCUT2D eigenvalue weighted by atomic mass is 10.1. The lowest BCUT2D eigenvalue weighted by molar-refractivity contribution is -0.137. The molecule has 1 aromatic heterocycles. The number of para-hydroxylation sites is 2. The predicted octanol–water partition coefficient (Wildman–Crippen LogP) is 2.85. The van der Waals surface area contributed by atoms with Crippen LogP contribution in [0.3, 0.4) is 0 Å². The number of nitrogens with two attached hydrogens (primary N) is 1. The van der Waals surface area contributed by atoms with Gasteiger partial charge in [0.05, 0.1) is 16.6 Å². The molecular weight excluding hydrogens is 373 g/mol. The first kappa shape index (κ1) is 19.7. The Morgan fingerprint density at radius 2 is 1.82 bits per heavy atom. The first-order chi connectivity index (χ1) is 13.2. The van der Waals surface area contributed by atoms with Gasteiger partial charge in [-0.25, -0.2) is 4.79 Å². The maximum Gasteiger partial charge on any atom is 0.416 e. The van der Waals surface area contributed by atoms with Crippen LogP contribution in [0.2, 0.25) is 0 Å². The summed E-state index contributed by atoms with van der Waals surface area (Å²) >= 11 is 0. The van der Waals surface area contributed by atoms with E-state index < -0.39 is 17.6 Å². The lowest BCUT2D eigenvalue weighted by Gasteiger charge is -2.12. The molecule has 6 nitrogen and oxygen atoms in total. The van der Waals surface area contributed by atoms with Crippen LogP contribution in [0.5, 0.6) is 0 Å². The van der Waals surface area contributed by atoms with Crippen LogP contribution in [0, 0.1) is 0 Å². The smallest absolute Gasteiger partial charge is 0.326 e. The zero-order valence-corrected chi connectivity index (χ0v) is 15.1. The van der Waals surface area contributed by atoms with Gasteiger partial charge in [0.25, 0.3) is 0 Å². The molecule has 0 aliphatic rings. The Morgan fingerprint density at radius 3 is 2.46 bits per heavy atom. The second kappa shape index (κ2) is 7.51. The number of nitrogens with zero attached hydrogens (tertiary/aromatic N) is 2. The molecule has 0 fully saturated rings. The monoisotopic (exact) mass is 392 g/mol. The highest BCUT2D eigenvalue weighted by atomic mass is 19.4. The van der Waals surface area contributed by atoms with E-state index in [9.17, 15) is 22.8 Å². The summed E-state index contributed by atoms with van der Waals surface area (Å²) in [5.74, 6) is -0.498. The van der Waals surface area contributed by atoms with Crippen molar-refractivity contribution in [3.63, 3.8) is 0 Å². The third-order valence-corrected chi connectivity index (χ3v) is 4.45. The van der Waals surface area contributed by atoms with E-state index in [2.05, 4.69) is 5.32 Å². The average molecular weight is 392 g/mol. The molecular formula is C19H19F3N4O2. The molecule has 9 heteroatoms. The number of aromatic nitrogens is 2. The van der Waals surface area contributed by atoms with E-state index in [1.54, 1.807) is 25.2 Å². The van der Waals surface area contributed by atoms with Crippen LogP contribution in [-0.2, 0) is 31.1 Å². The minimum atomic E-state index is -4.54. The molecule has 0 spiro atoms. The summed E-state index contributed by atoms with van der Waals surface area (Å²) in [6, 6.07) is 10.4. The summed E-state index contributed by atoms with van der Waals surface area (Å²) in [6.07, 6.45) is -4.61. The quantitative estimate of drug-likeness (QED) is 0.701. The van der Waals surface area contributed by atoms with Gasteiger partial charge in [0.15, 0.2) is 0 Å². The highest BCUT2D eigenvalue weighted by Crippen LogP contribution is 2.32. The summed E-state index contributed by atoms with van der Waals surface area (Å²) in [4.78, 5) is 24.6. The lowest BCUT2D eigenvalue weighted by Crippen LogP contribution is -2.24. The fourth-order valence-corrected chi connectivity index (χ4v) is 3.06. The molecule has 0 atom stereocenters. The minimum Gasteiger partial charge on any atom is -0.326 e. The Balaban J connectivity index is 1.77. The summed E-state index contributed by atoms with van der Waals surface area (Å²) < 4.78 is 41.9. The number of hydrogen-bond donors (Lipinski definition) is 2. The van der Waals surface area contributed by atoms with Gasteiger partial charge in [-0.1, -0.05) is 12.1 Å². The summed E-state index contributed by atoms with van der Waals surface area (Å²) in [5, 5.41) is 2.46. The van der Waals surface area contributed by atoms with Gasteiger partial charge in [-0.05, 0) is 35.9 Å². The maximum absolute atomic E-state index is 13.0. The normalized spacial score (nSPS) is 11.8. The Kier molecular flexibility index (Phi) is 5.28. The van der Waals surface area contributed by atoms with Gasteiger partial charge in [-0.3, -0.25) is 13.9 Å². The number of carbonyl (C=O) groups is 1. The van der Waals surface area contributed by atoms with Gasteiger partial charge in [0, 0.05) is 32.2 Å². The van der Waals surface area contributed by atoms with E-state index in [0.717, 1.165) is 17.6 Å². The van der Waals surface area contributed by atoms with Crippen molar-refractivity contribution >= 4 is 22.6 Å². The topological polar surface area (TPSA) is 82.0 Å². The van der Waals surface area contributed by atoms with Gasteiger partial charge in [-0.15, -0.1) is 0 Å². The van der Waals surface area contributed by atoms with Crippen LogP contribution < -0.4 is 16.7 Å². The van der Waals surface area contributed by atoms with E-state index in [1.165, 1.54) is 15.2 Å². The number of imidazole rings is 1. The van der Waals surface area contributed by atoms with Crippen LogP contribution in [0.1, 0.15) is 17.5 Å². The zero-order valence-electron chi connectivity index (χ0n) is 15.1. The molecule has 28 heavy (non-hydrogen) atoms. The van der Waals surface area contributed by atoms with Crippen LogP contribution in [0.4, 0.5) is 18.9 Å². The van der Waals surface area contributed by atoms with Crippen molar-refractivity contribution in [3.8, 4) is 0 Å². The van der Waals surface area contributed by atoms with Crippen molar-refractivity contribution in [2.45, 2.75) is 25.7 Å². The fraction of sp³-hybridized carbons (Fsp3) is 0.263. The molecule has 1 amide bonds. The highest BCUT2D eigenvalue weighted by Gasteiger charge is 2.31. The minimum absolute atomic E-state index is 0.0190. The van der Waals surface area contributed by atoms with Gasteiger partial charge >= 0.3 is 11.9 Å². The first-order valence-electron chi connectivity index (χ1n) is 8.56. The van der Waals surface area contributed by atoms with Crippen LogP contribution in [0.15, 0.2) is 47.3 Å². The number of aryl methyl sites for hydroxylation is 2. The highest BCUT2D eigenvalue weighted by molar-refractivity contribution is 5.91. The van der Waals surface area contributed by atoms with Crippen LogP contribution >= 0.6 is 0 Å². The standard InChI is InChI=1S/C19H19F3N4O2/c1-25-15-4-2-3-5-16(15)26(18(25)28)7-6-17(27)24-14-9-12(11-23)8-13(10-14)19(20,21)22/h2-5,8-10H,6-7,11,23H2,1H3,(H,24,27). The van der Waals surface area contributed by atoms with E-state index in [0.29, 0.717) is 5.52 Å². The predicted molar refractivity (Wildman–Crippen MR) is 99.8 cm³/mol. The van der Waals surface area contributed by atoms with Gasteiger partial charge in [0.2, 0.25) is 5.91 Å². The van der Waals surface area contributed by atoms with E-state index in [4.69, 9.17) is 5.73 Å². The van der Waals surface area contributed by atoms with Crippen molar-refractivity contribution in [1.82, 2.24) is 9.13 Å². The molecule has 3 N–H and O–H groups in total. The van der Waals surface area contributed by atoms with Crippen molar-refractivity contribution in [1.29, 1.82) is 0 Å². The summed E-state index contributed by atoms with van der Waals surface area (Å²) in [6.45, 7) is 0.0208. The number of rotatable bonds is 5. The van der Waals surface area contributed by atoms with Gasteiger partial charge in [0.1, 0.15) is 0 Å². The molecule has 0 bridgehead atoms. The Bertz CT molecular complexity index is 1080. The third-order valence-electron chi connectivity index (χ3n) is 4.45. The molecule has 1 heterocycles. The molecule has 0 unspecified atom stereocenters. The molecule has 2 aromatic carbocycles. The van der Waals surface area contributed by atoms with Crippen molar-refractivity contribution in [2.24, 2.45) is 12.8 Å². The zero-order chi connectivity index (χ0) is 20.5. The largest absolute Gasteiger partial charge is 0.416 e. The van der Waals surface area contributed by atoms with E-state index >= 15 is 0 Å². The number of fused-ring (bicyclic) bond motifs is 1. The number of nitrogens with one attached hydrogen (secondary N) is 1. The van der Waals surface area contributed by atoms with Gasteiger partial charge < -0.3 is 11.1 Å². The second-order valence-electron chi connectivity index (χ2n) is 6.40. The molecule has 0 saturated carbocycles. The number of halogens is 3. The summed E-state index contributed by atoms with van der Waals surface area (Å²) in [7, 11) is 1.64. The average Bonchev–Trinajstić information content (AvgIpc) is 2.90. The first-order valence-corrected chi connectivity index (χ1v) is 8.56. The molecule has 0 aliphatic carbocycles. The third kappa shape index (κ3) is 3.94. The molecule has 0 aliphatic heterocycles. The van der Waals surface area contributed by atoms with E-state index in [-0.39, 0.29) is 36.5 Å². The van der Waals surface area contributed by atoms with Crippen molar-refractivity contribution in [3.05, 3.63) is 64.1 Å². The van der Waals surface area contributed by atoms with Crippen LogP contribution in [-0.4, -0.2) is 15.0 Å². The number of benzene rings is 2. The number of anilines is 1. The Morgan fingerprint density at radius 1 is 1.14 bits per heavy atom. The fourth-order valence-electron chi connectivity index (χ4n) is 3.06.